The van der Waals surface area contributed by atoms with Crippen LogP contribution in [0.4, 0.5) is 11.6 Å². The maximum Gasteiger partial charge on any atom is 0.272 e. The molecule has 2 saturated heterocycles. The lowest BCUT2D eigenvalue weighted by atomic mass is 10.00. The smallest absolute Gasteiger partial charge is 0.272 e. The average molecular weight is 432 g/mol. The first-order valence-corrected chi connectivity index (χ1v) is 11.7. The molecule has 2 aliphatic heterocycles. The molecule has 8 nitrogen and oxygen atoms in total. The van der Waals surface area contributed by atoms with E-state index in [1.165, 1.54) is 12.8 Å². The first-order valence-electron chi connectivity index (χ1n) is 10.7. The van der Waals surface area contributed by atoms with E-state index in [1.54, 1.807) is 23.9 Å². The van der Waals surface area contributed by atoms with E-state index < -0.39 is 0 Å². The molecule has 3 heterocycles. The van der Waals surface area contributed by atoms with Crippen molar-refractivity contribution >= 4 is 23.4 Å². The van der Waals surface area contributed by atoms with E-state index in [1.807, 2.05) is 13.0 Å². The van der Waals surface area contributed by atoms with Crippen molar-refractivity contribution < 1.29 is 9.66 Å². The number of hydrogen-bond acceptors (Lipinski definition) is 7. The Morgan fingerprint density at radius 1 is 1.27 bits per heavy atom. The van der Waals surface area contributed by atoms with Gasteiger partial charge in [-0.15, -0.1) is 10.2 Å². The lowest BCUT2D eigenvalue weighted by Crippen LogP contribution is -2.35. The van der Waals surface area contributed by atoms with Crippen LogP contribution in [0.3, 0.4) is 0 Å². The maximum atomic E-state index is 11.3. The number of nitro groups is 1. The second-order valence-corrected chi connectivity index (χ2v) is 9.25. The van der Waals surface area contributed by atoms with Crippen LogP contribution in [0, 0.1) is 23.0 Å². The van der Waals surface area contributed by atoms with E-state index in [0.717, 1.165) is 61.7 Å². The molecule has 0 radical (unpaired) electrons. The van der Waals surface area contributed by atoms with Crippen molar-refractivity contribution in [1.82, 2.24) is 14.8 Å². The molecule has 9 heteroatoms. The zero-order valence-corrected chi connectivity index (χ0v) is 18.4. The summed E-state index contributed by atoms with van der Waals surface area (Å²) in [5.74, 6) is 2.30. The summed E-state index contributed by atoms with van der Waals surface area (Å²) in [6.45, 7) is 7.69. The number of hydrogen-bond donors (Lipinski definition) is 0. The van der Waals surface area contributed by atoms with E-state index in [-0.39, 0.29) is 16.7 Å². The first kappa shape index (κ1) is 21.1. The molecule has 162 valence electrons. The minimum absolute atomic E-state index is 0.164. The third-order valence-corrected chi connectivity index (χ3v) is 7.16. The Hall–Kier alpha value is -2.13. The third-order valence-electron chi connectivity index (χ3n) is 6.14. The molecule has 0 bridgehead atoms. The first-order chi connectivity index (χ1) is 14.5. The molecule has 1 aromatic heterocycles. The Kier molecular flexibility index (Phi) is 6.58. The molecule has 0 spiro atoms. The maximum absolute atomic E-state index is 11.3. The van der Waals surface area contributed by atoms with Gasteiger partial charge in [0.1, 0.15) is 0 Å². The van der Waals surface area contributed by atoms with Crippen molar-refractivity contribution in [3.05, 3.63) is 39.4 Å². The highest BCUT2D eigenvalue weighted by Crippen LogP contribution is 2.31. The van der Waals surface area contributed by atoms with E-state index >= 15 is 0 Å². The molecule has 2 aliphatic rings. The molecule has 0 N–H and O–H groups in total. The van der Waals surface area contributed by atoms with Gasteiger partial charge in [0.05, 0.1) is 17.6 Å². The van der Waals surface area contributed by atoms with E-state index in [4.69, 9.17) is 4.74 Å². The van der Waals surface area contributed by atoms with Crippen molar-refractivity contribution in [2.45, 2.75) is 63.1 Å². The van der Waals surface area contributed by atoms with Crippen molar-refractivity contribution in [2.75, 3.05) is 24.6 Å². The molecule has 1 atom stereocenters. The Bertz CT molecular complexity index is 889. The highest BCUT2D eigenvalue weighted by Gasteiger charge is 2.26. The summed E-state index contributed by atoms with van der Waals surface area (Å²) in [5, 5.41) is 21.1. The minimum Gasteiger partial charge on any atom is -0.376 e. The lowest BCUT2D eigenvalue weighted by molar-refractivity contribution is -0.385. The van der Waals surface area contributed by atoms with Crippen LogP contribution in [0.15, 0.2) is 23.4 Å². The molecule has 0 amide bonds. The number of piperidine rings is 1. The molecular weight excluding hydrogens is 402 g/mol. The predicted molar refractivity (Wildman–Crippen MR) is 117 cm³/mol. The van der Waals surface area contributed by atoms with Crippen LogP contribution < -0.4 is 4.90 Å². The Morgan fingerprint density at radius 2 is 2.07 bits per heavy atom. The van der Waals surface area contributed by atoms with Gasteiger partial charge >= 0.3 is 0 Å². The number of nitrogens with zero attached hydrogens (tertiary/aromatic N) is 5. The average Bonchev–Trinajstić information content (AvgIpc) is 3.38. The molecule has 30 heavy (non-hydrogen) atoms. The highest BCUT2D eigenvalue weighted by molar-refractivity contribution is 7.98. The fraction of sp³-hybridized carbons (Fsp3) is 0.619. The van der Waals surface area contributed by atoms with Crippen LogP contribution in [-0.4, -0.2) is 45.5 Å². The fourth-order valence-electron chi connectivity index (χ4n) is 4.15. The van der Waals surface area contributed by atoms with Gasteiger partial charge in [0.25, 0.3) is 5.69 Å². The quantitative estimate of drug-likeness (QED) is 0.369. The number of nitro benzene ring substituents is 1. The largest absolute Gasteiger partial charge is 0.376 e. The van der Waals surface area contributed by atoms with Gasteiger partial charge in [-0.3, -0.25) is 14.7 Å². The zero-order chi connectivity index (χ0) is 21.1. The third kappa shape index (κ3) is 4.62. The number of thioether (sulfide) groups is 1. The molecule has 2 aromatic rings. The summed E-state index contributed by atoms with van der Waals surface area (Å²) >= 11 is 1.59. The Labute approximate surface area is 181 Å². The summed E-state index contributed by atoms with van der Waals surface area (Å²) in [6.07, 6.45) is 4.69. The number of aromatic nitrogens is 3. The second-order valence-electron chi connectivity index (χ2n) is 8.30. The lowest BCUT2D eigenvalue weighted by Gasteiger charge is -2.31. The van der Waals surface area contributed by atoms with Crippen LogP contribution in [0.25, 0.3) is 0 Å². The standard InChI is InChI=1S/C21H29N5O3S/c1-15-8-10-24(11-9-15)20-22-23-21(25(20)13-18-6-4-12-29-18)30-14-17-5-3-7-19(16(17)2)26(27)28/h3,5,7,15,18H,4,6,8-14H2,1-2H3. The highest BCUT2D eigenvalue weighted by atomic mass is 32.2. The van der Waals surface area contributed by atoms with Gasteiger partial charge in [0, 0.05) is 37.1 Å². The molecule has 4 rings (SSSR count). The van der Waals surface area contributed by atoms with Gasteiger partial charge in [-0.25, -0.2) is 0 Å². The van der Waals surface area contributed by atoms with Crippen LogP contribution in [0.2, 0.25) is 0 Å². The summed E-state index contributed by atoms with van der Waals surface area (Å²) in [6, 6.07) is 5.25. The summed E-state index contributed by atoms with van der Waals surface area (Å²) < 4.78 is 8.08. The molecule has 1 aromatic carbocycles. The van der Waals surface area contributed by atoms with Gasteiger partial charge in [0.15, 0.2) is 5.16 Å². The number of rotatable bonds is 7. The van der Waals surface area contributed by atoms with E-state index in [9.17, 15) is 10.1 Å². The van der Waals surface area contributed by atoms with Crippen LogP contribution >= 0.6 is 11.8 Å². The topological polar surface area (TPSA) is 86.3 Å². The van der Waals surface area contributed by atoms with Gasteiger partial charge in [-0.2, -0.15) is 0 Å². The van der Waals surface area contributed by atoms with Crippen molar-refractivity contribution in [3.8, 4) is 0 Å². The number of benzene rings is 1. The minimum atomic E-state index is -0.321. The molecule has 0 saturated carbocycles. The SMILES string of the molecule is Cc1c(CSc2nnc(N3CCC(C)CC3)n2CC2CCCO2)cccc1[N+](=O)[O-]. The van der Waals surface area contributed by atoms with Crippen LogP contribution in [0.5, 0.6) is 0 Å². The van der Waals surface area contributed by atoms with Crippen molar-refractivity contribution in [1.29, 1.82) is 0 Å². The summed E-state index contributed by atoms with van der Waals surface area (Å²) in [7, 11) is 0. The van der Waals surface area contributed by atoms with Crippen LogP contribution in [-0.2, 0) is 17.0 Å². The molecule has 2 fully saturated rings. The Balaban J connectivity index is 1.55. The predicted octanol–water partition coefficient (Wildman–Crippen LogP) is 4.20. The van der Waals surface area contributed by atoms with Gasteiger partial charge in [-0.1, -0.05) is 30.8 Å². The van der Waals surface area contributed by atoms with Gasteiger partial charge < -0.3 is 9.64 Å². The van der Waals surface area contributed by atoms with Gasteiger partial charge in [0.2, 0.25) is 5.95 Å². The van der Waals surface area contributed by atoms with Crippen molar-refractivity contribution in [3.63, 3.8) is 0 Å². The zero-order valence-electron chi connectivity index (χ0n) is 17.6. The normalized spacial score (nSPS) is 20.1. The van der Waals surface area contributed by atoms with Crippen molar-refractivity contribution in [2.24, 2.45) is 5.92 Å². The fourth-order valence-corrected chi connectivity index (χ4v) is 5.16. The van der Waals surface area contributed by atoms with Gasteiger partial charge in [-0.05, 0) is 44.1 Å². The molecular formula is C21H29N5O3S. The number of ether oxygens (including phenoxy) is 1. The summed E-state index contributed by atoms with van der Waals surface area (Å²) in [4.78, 5) is 13.3. The molecule has 1 unspecified atom stereocenters. The summed E-state index contributed by atoms with van der Waals surface area (Å²) in [5.41, 5.74) is 1.83. The van der Waals surface area contributed by atoms with E-state index in [0.29, 0.717) is 11.3 Å². The Morgan fingerprint density at radius 3 is 2.77 bits per heavy atom. The number of anilines is 1. The van der Waals surface area contributed by atoms with Crippen LogP contribution in [0.1, 0.15) is 43.7 Å². The van der Waals surface area contributed by atoms with E-state index in [2.05, 4.69) is 26.6 Å². The second kappa shape index (κ2) is 9.34. The monoisotopic (exact) mass is 431 g/mol. The molecule has 0 aliphatic carbocycles.